The van der Waals surface area contributed by atoms with Crippen LogP contribution in [0, 0.1) is 19.7 Å². The van der Waals surface area contributed by atoms with Gasteiger partial charge < -0.3 is 0 Å². The van der Waals surface area contributed by atoms with Crippen molar-refractivity contribution in [3.63, 3.8) is 0 Å². The van der Waals surface area contributed by atoms with Crippen molar-refractivity contribution in [2.24, 2.45) is 0 Å². The molecule has 0 fully saturated rings. The van der Waals surface area contributed by atoms with Crippen LogP contribution in [0.1, 0.15) is 16.7 Å². The minimum absolute atomic E-state index is 0.223. The van der Waals surface area contributed by atoms with E-state index in [-0.39, 0.29) is 5.82 Å². The zero-order chi connectivity index (χ0) is 19.5. The number of hydrogen-bond donors (Lipinski definition) is 0. The first-order chi connectivity index (χ1) is 13.6. The van der Waals surface area contributed by atoms with Crippen molar-refractivity contribution >= 4 is 11.8 Å². The Kier molecular flexibility index (Phi) is 5.26. The number of hydrogen-bond acceptors (Lipinski definition) is 3. The number of rotatable bonds is 5. The Morgan fingerprint density at radius 3 is 2.50 bits per heavy atom. The molecule has 140 valence electrons. The number of aryl methyl sites for hydroxylation is 2. The van der Waals surface area contributed by atoms with Crippen molar-refractivity contribution in [1.29, 1.82) is 0 Å². The smallest absolute Gasteiger partial charge is 0.196 e. The molecule has 0 N–H and O–H groups in total. The first-order valence-corrected chi connectivity index (χ1v) is 10.1. The molecule has 0 radical (unpaired) electrons. The number of benzene rings is 3. The molecule has 1 aromatic heterocycles. The average molecular weight is 389 g/mol. The molecule has 4 rings (SSSR count). The highest BCUT2D eigenvalue weighted by atomic mass is 32.2. The van der Waals surface area contributed by atoms with Crippen molar-refractivity contribution in [3.8, 4) is 17.1 Å². The van der Waals surface area contributed by atoms with E-state index in [4.69, 9.17) is 0 Å². The largest absolute Gasteiger partial charge is 0.270 e. The Bertz CT molecular complexity index is 1120. The van der Waals surface area contributed by atoms with E-state index in [1.165, 1.54) is 11.6 Å². The lowest BCUT2D eigenvalue weighted by Crippen LogP contribution is -2.02. The predicted octanol–water partition coefficient (Wildman–Crippen LogP) is 5.98. The molecule has 0 aliphatic carbocycles. The molecule has 5 heteroatoms. The van der Waals surface area contributed by atoms with E-state index in [1.807, 2.05) is 30.3 Å². The van der Waals surface area contributed by atoms with Gasteiger partial charge in [0, 0.05) is 11.3 Å². The number of thioether (sulfide) groups is 1. The van der Waals surface area contributed by atoms with Crippen LogP contribution < -0.4 is 0 Å². The van der Waals surface area contributed by atoms with Crippen LogP contribution in [0.15, 0.2) is 78.0 Å². The quantitative estimate of drug-likeness (QED) is 0.393. The molecule has 0 aliphatic heterocycles. The molecule has 0 amide bonds. The minimum atomic E-state index is -0.223. The summed E-state index contributed by atoms with van der Waals surface area (Å²) in [6, 6.07) is 23.1. The summed E-state index contributed by atoms with van der Waals surface area (Å²) in [5.74, 6) is 1.20. The molecule has 3 aromatic carbocycles. The van der Waals surface area contributed by atoms with Gasteiger partial charge in [0.25, 0.3) is 0 Å². The van der Waals surface area contributed by atoms with Crippen molar-refractivity contribution in [2.45, 2.75) is 24.8 Å². The van der Waals surface area contributed by atoms with Gasteiger partial charge in [-0.05, 0) is 49.2 Å². The lowest BCUT2D eigenvalue weighted by atomic mass is 10.1. The Morgan fingerprint density at radius 2 is 1.71 bits per heavy atom. The first kappa shape index (κ1) is 18.4. The lowest BCUT2D eigenvalue weighted by Gasteiger charge is -2.13. The van der Waals surface area contributed by atoms with Gasteiger partial charge in [-0.25, -0.2) is 4.39 Å². The van der Waals surface area contributed by atoms with Gasteiger partial charge in [-0.1, -0.05) is 65.9 Å². The fourth-order valence-corrected chi connectivity index (χ4v) is 4.03. The van der Waals surface area contributed by atoms with Crippen LogP contribution in [0.3, 0.4) is 0 Å². The third-order valence-corrected chi connectivity index (χ3v) is 5.52. The molecule has 0 bridgehead atoms. The van der Waals surface area contributed by atoms with Crippen molar-refractivity contribution in [3.05, 3.63) is 95.3 Å². The van der Waals surface area contributed by atoms with E-state index >= 15 is 0 Å². The fourth-order valence-electron chi connectivity index (χ4n) is 3.14. The van der Waals surface area contributed by atoms with E-state index in [0.717, 1.165) is 33.4 Å². The highest BCUT2D eigenvalue weighted by molar-refractivity contribution is 7.98. The van der Waals surface area contributed by atoms with Crippen LogP contribution in [0.4, 0.5) is 4.39 Å². The van der Waals surface area contributed by atoms with Gasteiger partial charge in [-0.3, -0.25) is 4.57 Å². The third kappa shape index (κ3) is 3.85. The SMILES string of the molecule is Cc1cccc(-c2nnc(SCc3cccc(F)c3)n2-c2ccccc2C)c1. The molecule has 0 unspecified atom stereocenters. The van der Waals surface area contributed by atoms with Crippen LogP contribution >= 0.6 is 11.8 Å². The van der Waals surface area contributed by atoms with Crippen LogP contribution in [0.5, 0.6) is 0 Å². The fraction of sp³-hybridized carbons (Fsp3) is 0.130. The highest BCUT2D eigenvalue weighted by Crippen LogP contribution is 2.31. The van der Waals surface area contributed by atoms with Gasteiger partial charge in [-0.15, -0.1) is 10.2 Å². The van der Waals surface area contributed by atoms with Gasteiger partial charge in [0.2, 0.25) is 0 Å². The molecule has 0 aliphatic rings. The van der Waals surface area contributed by atoms with E-state index in [1.54, 1.807) is 23.9 Å². The molecular weight excluding hydrogens is 369 g/mol. The predicted molar refractivity (Wildman–Crippen MR) is 112 cm³/mol. The molecule has 0 spiro atoms. The zero-order valence-corrected chi connectivity index (χ0v) is 16.6. The second-order valence-corrected chi connectivity index (χ2v) is 7.66. The number of halogens is 1. The van der Waals surface area contributed by atoms with Crippen molar-refractivity contribution in [1.82, 2.24) is 14.8 Å². The molecule has 28 heavy (non-hydrogen) atoms. The summed E-state index contributed by atoms with van der Waals surface area (Å²) in [5.41, 5.74) is 5.30. The molecule has 0 atom stereocenters. The maximum Gasteiger partial charge on any atom is 0.196 e. The highest BCUT2D eigenvalue weighted by Gasteiger charge is 2.17. The molecule has 1 heterocycles. The van der Waals surface area contributed by atoms with Gasteiger partial charge in [0.15, 0.2) is 11.0 Å². The minimum Gasteiger partial charge on any atom is -0.270 e. The molecule has 4 aromatic rings. The molecule has 0 saturated carbocycles. The summed E-state index contributed by atoms with van der Waals surface area (Å²) < 4.78 is 15.6. The van der Waals surface area contributed by atoms with Gasteiger partial charge in [0.1, 0.15) is 5.82 Å². The van der Waals surface area contributed by atoms with Gasteiger partial charge in [0.05, 0.1) is 5.69 Å². The third-order valence-electron chi connectivity index (χ3n) is 4.52. The Morgan fingerprint density at radius 1 is 0.893 bits per heavy atom. The number of para-hydroxylation sites is 1. The Balaban J connectivity index is 1.77. The topological polar surface area (TPSA) is 30.7 Å². The molecule has 3 nitrogen and oxygen atoms in total. The maximum absolute atomic E-state index is 13.5. The van der Waals surface area contributed by atoms with E-state index in [9.17, 15) is 4.39 Å². The molecular formula is C23H20FN3S. The summed E-state index contributed by atoms with van der Waals surface area (Å²) in [6.07, 6.45) is 0. The normalized spacial score (nSPS) is 11.0. The van der Waals surface area contributed by atoms with Crippen LogP contribution in [-0.2, 0) is 5.75 Å². The van der Waals surface area contributed by atoms with Gasteiger partial charge in [-0.2, -0.15) is 0 Å². The van der Waals surface area contributed by atoms with E-state index < -0.39 is 0 Å². The zero-order valence-electron chi connectivity index (χ0n) is 15.8. The standard InChI is InChI=1S/C23H20FN3S/c1-16-7-5-10-19(13-16)22-25-26-23(27(22)21-12-4-3-8-17(21)2)28-15-18-9-6-11-20(24)14-18/h3-14H,15H2,1-2H3. The lowest BCUT2D eigenvalue weighted by molar-refractivity contribution is 0.626. The van der Waals surface area contributed by atoms with Crippen molar-refractivity contribution in [2.75, 3.05) is 0 Å². The number of aromatic nitrogens is 3. The second-order valence-electron chi connectivity index (χ2n) is 6.72. The average Bonchev–Trinajstić information content (AvgIpc) is 3.10. The van der Waals surface area contributed by atoms with Crippen LogP contribution in [-0.4, -0.2) is 14.8 Å². The maximum atomic E-state index is 13.5. The summed E-state index contributed by atoms with van der Waals surface area (Å²) >= 11 is 1.55. The Hall–Kier alpha value is -2.92. The second kappa shape index (κ2) is 7.98. The summed E-state index contributed by atoms with van der Waals surface area (Å²) in [7, 11) is 0. The summed E-state index contributed by atoms with van der Waals surface area (Å²) in [6.45, 7) is 4.15. The number of nitrogens with zero attached hydrogens (tertiary/aromatic N) is 3. The first-order valence-electron chi connectivity index (χ1n) is 9.07. The van der Waals surface area contributed by atoms with Crippen molar-refractivity contribution < 1.29 is 4.39 Å². The van der Waals surface area contributed by atoms with Crippen LogP contribution in [0.2, 0.25) is 0 Å². The monoisotopic (exact) mass is 389 g/mol. The summed E-state index contributed by atoms with van der Waals surface area (Å²) in [4.78, 5) is 0. The van der Waals surface area contributed by atoms with Crippen LogP contribution in [0.25, 0.3) is 17.1 Å². The molecule has 0 saturated heterocycles. The summed E-state index contributed by atoms with van der Waals surface area (Å²) in [5, 5.41) is 9.74. The Labute approximate surface area is 168 Å². The van der Waals surface area contributed by atoms with E-state index in [0.29, 0.717) is 5.75 Å². The van der Waals surface area contributed by atoms with E-state index in [2.05, 4.69) is 52.9 Å². The van der Waals surface area contributed by atoms with Gasteiger partial charge >= 0.3 is 0 Å².